The van der Waals surface area contributed by atoms with E-state index in [9.17, 15) is 9.90 Å². The summed E-state index contributed by atoms with van der Waals surface area (Å²) < 4.78 is 6.47. The molecular formula is C14H25N3O3. The normalized spacial score (nSPS) is 12.4. The van der Waals surface area contributed by atoms with Crippen molar-refractivity contribution in [1.82, 2.24) is 9.78 Å². The molecule has 6 heteroatoms. The molecule has 0 saturated carbocycles. The second-order valence-electron chi connectivity index (χ2n) is 5.03. The van der Waals surface area contributed by atoms with Crippen LogP contribution in [-0.4, -0.2) is 48.3 Å². The Morgan fingerprint density at radius 2 is 2.25 bits per heavy atom. The van der Waals surface area contributed by atoms with Crippen molar-refractivity contribution < 1.29 is 9.84 Å². The first-order valence-electron chi connectivity index (χ1n) is 7.00. The number of aromatic nitrogens is 2. The maximum Gasteiger partial charge on any atom is 0.268 e. The van der Waals surface area contributed by atoms with Gasteiger partial charge in [0.05, 0.1) is 24.6 Å². The fraction of sp³-hybridized carbons (Fsp3) is 0.714. The van der Waals surface area contributed by atoms with Gasteiger partial charge in [0.2, 0.25) is 0 Å². The molecule has 6 nitrogen and oxygen atoms in total. The van der Waals surface area contributed by atoms with Gasteiger partial charge in [-0.2, -0.15) is 5.10 Å². The molecule has 1 atom stereocenters. The third-order valence-corrected chi connectivity index (χ3v) is 3.17. The summed E-state index contributed by atoms with van der Waals surface area (Å²) in [5.41, 5.74) is 0.705. The molecule has 0 aliphatic carbocycles. The van der Waals surface area contributed by atoms with E-state index in [4.69, 9.17) is 4.74 Å². The van der Waals surface area contributed by atoms with Gasteiger partial charge in [-0.25, -0.2) is 4.68 Å². The van der Waals surface area contributed by atoms with E-state index in [2.05, 4.69) is 5.10 Å². The van der Waals surface area contributed by atoms with Crippen molar-refractivity contribution in [2.75, 3.05) is 32.2 Å². The molecular weight excluding hydrogens is 258 g/mol. The van der Waals surface area contributed by atoms with Crippen LogP contribution in [0, 0.1) is 0 Å². The van der Waals surface area contributed by atoms with Gasteiger partial charge in [-0.3, -0.25) is 4.79 Å². The second kappa shape index (κ2) is 8.71. The number of unbranched alkanes of at least 4 members (excludes halogenated alkanes) is 1. The zero-order valence-electron chi connectivity index (χ0n) is 12.6. The highest BCUT2D eigenvalue weighted by molar-refractivity contribution is 5.41. The number of aliphatic hydroxyl groups is 1. The van der Waals surface area contributed by atoms with Crippen LogP contribution in [0.4, 0.5) is 5.69 Å². The van der Waals surface area contributed by atoms with E-state index < -0.39 is 0 Å². The largest absolute Gasteiger partial charge is 0.393 e. The van der Waals surface area contributed by atoms with Crippen molar-refractivity contribution in [3.8, 4) is 0 Å². The predicted octanol–water partition coefficient (Wildman–Crippen LogP) is 0.877. The Labute approximate surface area is 120 Å². The maximum absolute atomic E-state index is 11.9. The van der Waals surface area contributed by atoms with Gasteiger partial charge >= 0.3 is 0 Å². The fourth-order valence-electron chi connectivity index (χ4n) is 1.86. The summed E-state index contributed by atoms with van der Waals surface area (Å²) in [4.78, 5) is 13.9. The molecule has 0 spiro atoms. The molecule has 0 bridgehead atoms. The molecule has 1 aromatic heterocycles. The number of rotatable bonds is 9. The molecule has 1 aromatic rings. The number of methoxy groups -OCH3 is 1. The Hall–Kier alpha value is -1.40. The zero-order chi connectivity index (χ0) is 15.0. The SMILES string of the molecule is COCCN(C)c1cnn(CCCCC(C)O)c(=O)c1. The number of hydrogen-bond acceptors (Lipinski definition) is 5. The van der Waals surface area contributed by atoms with Crippen LogP contribution in [0.3, 0.4) is 0 Å². The Morgan fingerprint density at radius 3 is 2.85 bits per heavy atom. The van der Waals surface area contributed by atoms with Gasteiger partial charge in [-0.1, -0.05) is 0 Å². The van der Waals surface area contributed by atoms with Gasteiger partial charge in [0.25, 0.3) is 5.56 Å². The molecule has 0 amide bonds. The minimum Gasteiger partial charge on any atom is -0.393 e. The Morgan fingerprint density at radius 1 is 1.50 bits per heavy atom. The van der Waals surface area contributed by atoms with Gasteiger partial charge in [-0.05, 0) is 26.2 Å². The molecule has 0 aromatic carbocycles. The second-order valence-corrected chi connectivity index (χ2v) is 5.03. The number of hydrogen-bond donors (Lipinski definition) is 1. The Balaban J connectivity index is 2.53. The van der Waals surface area contributed by atoms with Crippen LogP contribution in [0.2, 0.25) is 0 Å². The molecule has 1 unspecified atom stereocenters. The summed E-state index contributed by atoms with van der Waals surface area (Å²) in [6.45, 7) is 3.69. The number of aliphatic hydroxyl groups excluding tert-OH is 1. The molecule has 0 saturated heterocycles. The smallest absolute Gasteiger partial charge is 0.268 e. The van der Waals surface area contributed by atoms with Crippen LogP contribution in [0.15, 0.2) is 17.1 Å². The lowest BCUT2D eigenvalue weighted by Crippen LogP contribution is -2.27. The van der Waals surface area contributed by atoms with Crippen molar-refractivity contribution in [2.45, 2.75) is 38.8 Å². The van der Waals surface area contributed by atoms with Crippen LogP contribution in [0.5, 0.6) is 0 Å². The molecule has 0 fully saturated rings. The van der Waals surface area contributed by atoms with Crippen LogP contribution < -0.4 is 10.5 Å². The third-order valence-electron chi connectivity index (χ3n) is 3.17. The molecule has 0 aliphatic rings. The van der Waals surface area contributed by atoms with E-state index >= 15 is 0 Å². The number of likely N-dealkylation sites (N-methyl/N-ethyl adjacent to an activating group) is 1. The van der Waals surface area contributed by atoms with E-state index in [1.54, 1.807) is 26.3 Å². The molecule has 0 aliphatic heterocycles. The van der Waals surface area contributed by atoms with E-state index in [1.165, 1.54) is 4.68 Å². The highest BCUT2D eigenvalue weighted by Crippen LogP contribution is 2.07. The average molecular weight is 283 g/mol. The lowest BCUT2D eigenvalue weighted by Gasteiger charge is -2.18. The molecule has 114 valence electrons. The lowest BCUT2D eigenvalue weighted by molar-refractivity contribution is 0.179. The minimum absolute atomic E-state index is 0.0937. The predicted molar refractivity (Wildman–Crippen MR) is 79.2 cm³/mol. The van der Waals surface area contributed by atoms with E-state index in [-0.39, 0.29) is 11.7 Å². The quantitative estimate of drug-likeness (QED) is 0.681. The monoisotopic (exact) mass is 283 g/mol. The topological polar surface area (TPSA) is 67.6 Å². The first kappa shape index (κ1) is 16.7. The van der Waals surface area contributed by atoms with Crippen molar-refractivity contribution in [2.24, 2.45) is 0 Å². The summed E-state index contributed by atoms with van der Waals surface area (Å²) in [6.07, 6.45) is 3.91. The Kier molecular flexibility index (Phi) is 7.25. The third kappa shape index (κ3) is 5.71. The fourth-order valence-corrected chi connectivity index (χ4v) is 1.86. The molecule has 20 heavy (non-hydrogen) atoms. The highest BCUT2D eigenvalue weighted by atomic mass is 16.5. The first-order valence-corrected chi connectivity index (χ1v) is 7.00. The standard InChI is InChI=1S/C14H25N3O3/c1-12(18)6-4-5-7-17-14(19)10-13(11-15-17)16(2)8-9-20-3/h10-12,18H,4-9H2,1-3H3. The van der Waals surface area contributed by atoms with E-state index in [1.807, 2.05) is 11.9 Å². The summed E-state index contributed by atoms with van der Waals surface area (Å²) in [7, 11) is 3.56. The zero-order valence-corrected chi connectivity index (χ0v) is 12.6. The van der Waals surface area contributed by atoms with Crippen LogP contribution in [-0.2, 0) is 11.3 Å². The van der Waals surface area contributed by atoms with E-state index in [0.29, 0.717) is 13.2 Å². The van der Waals surface area contributed by atoms with Crippen molar-refractivity contribution >= 4 is 5.69 Å². The highest BCUT2D eigenvalue weighted by Gasteiger charge is 2.05. The lowest BCUT2D eigenvalue weighted by atomic mass is 10.2. The number of aryl methyl sites for hydroxylation is 1. The summed E-state index contributed by atoms with van der Waals surface area (Å²) in [6, 6.07) is 1.59. The molecule has 1 rings (SSSR count). The summed E-state index contributed by atoms with van der Waals surface area (Å²) >= 11 is 0. The van der Waals surface area contributed by atoms with Crippen LogP contribution in [0.25, 0.3) is 0 Å². The summed E-state index contributed by atoms with van der Waals surface area (Å²) in [5, 5.41) is 13.4. The van der Waals surface area contributed by atoms with Crippen molar-refractivity contribution in [1.29, 1.82) is 0 Å². The molecule has 1 N–H and O–H groups in total. The van der Waals surface area contributed by atoms with Gasteiger partial charge < -0.3 is 14.7 Å². The van der Waals surface area contributed by atoms with Crippen LogP contribution in [0.1, 0.15) is 26.2 Å². The van der Waals surface area contributed by atoms with E-state index in [0.717, 1.165) is 31.5 Å². The molecule has 0 radical (unpaired) electrons. The van der Waals surface area contributed by atoms with Gasteiger partial charge in [0, 0.05) is 33.3 Å². The van der Waals surface area contributed by atoms with Crippen molar-refractivity contribution in [3.05, 3.63) is 22.6 Å². The Bertz CT molecular complexity index is 446. The van der Waals surface area contributed by atoms with Gasteiger partial charge in [-0.15, -0.1) is 0 Å². The van der Waals surface area contributed by atoms with Crippen LogP contribution >= 0.6 is 0 Å². The maximum atomic E-state index is 11.9. The number of ether oxygens (including phenoxy) is 1. The van der Waals surface area contributed by atoms with Crippen molar-refractivity contribution in [3.63, 3.8) is 0 Å². The number of anilines is 1. The minimum atomic E-state index is -0.281. The average Bonchev–Trinajstić information content (AvgIpc) is 2.42. The number of nitrogens with zero attached hydrogens (tertiary/aromatic N) is 3. The van der Waals surface area contributed by atoms with Gasteiger partial charge in [0.1, 0.15) is 0 Å². The summed E-state index contributed by atoms with van der Waals surface area (Å²) in [5.74, 6) is 0. The molecule has 1 heterocycles. The van der Waals surface area contributed by atoms with Gasteiger partial charge in [0.15, 0.2) is 0 Å². The first-order chi connectivity index (χ1) is 9.54.